The van der Waals surface area contributed by atoms with Crippen LogP contribution in [0.4, 0.5) is 0 Å². The average Bonchev–Trinajstić information content (AvgIpc) is 3.67. The van der Waals surface area contributed by atoms with Crippen LogP contribution in [0.5, 0.6) is 5.75 Å². The number of carbonyl (C=O) groups is 11. The molecular formula is C56H79N13O15S. The number of hydrogen-bond acceptors (Lipinski definition) is 16. The summed E-state index contributed by atoms with van der Waals surface area (Å²) >= 11 is 1.37. The number of hydrogen-bond donors (Lipinski definition) is 16. The minimum absolute atomic E-state index is 0.0102. The van der Waals surface area contributed by atoms with Crippen LogP contribution in [-0.2, 0) is 72.0 Å². The van der Waals surface area contributed by atoms with Gasteiger partial charge in [0.15, 0.2) is 5.96 Å². The molecule has 3 aromatic carbocycles. The maximum atomic E-state index is 14.7. The summed E-state index contributed by atoms with van der Waals surface area (Å²) in [5.41, 5.74) is 23.5. The Balaban J connectivity index is 2.00. The summed E-state index contributed by atoms with van der Waals surface area (Å²) in [6, 6.07) is 8.37. The number of nitrogens with one attached hydrogen (secondary N) is 8. The van der Waals surface area contributed by atoms with Crippen molar-refractivity contribution in [2.75, 3.05) is 25.2 Å². The van der Waals surface area contributed by atoms with Gasteiger partial charge in [-0.3, -0.25) is 52.9 Å². The summed E-state index contributed by atoms with van der Waals surface area (Å²) in [7, 11) is 0. The maximum Gasteiger partial charge on any atom is 0.326 e. The van der Waals surface area contributed by atoms with Crippen LogP contribution in [-0.4, -0.2) is 171 Å². The fourth-order valence-electron chi connectivity index (χ4n) is 8.33. The number of phenolic OH excluding ortho intramolecular Hbond substituents is 1. The SMILES string of the molecule is CC[C@H](C)[C@H](NC(=O)[C@H](Cc1ccccc1)NC(=O)[C@H](CC(=O)O)NC(=O)[C@H](Cc1ccc(O)cc1)NC(=O)[C@H](CO)NC(=O)[C@@H](N)CCC(N)=O)C(=O)N[C@@H](CCCN=C(N)N)C(=O)N[C@@H](Cc1ccccc1)C(=O)N[C@@H](CCSC)C(=O)O. The average molecular weight is 1210 g/mol. The van der Waals surface area contributed by atoms with E-state index < -0.39 is 138 Å². The number of carboxylic acids is 2. The summed E-state index contributed by atoms with van der Waals surface area (Å²) in [5.74, 6) is -12.3. The fourth-order valence-corrected chi connectivity index (χ4v) is 8.80. The lowest BCUT2D eigenvalue weighted by atomic mass is 9.96. The van der Waals surface area contributed by atoms with Crippen molar-refractivity contribution in [1.82, 2.24) is 42.5 Å². The first-order valence-electron chi connectivity index (χ1n) is 27.3. The van der Waals surface area contributed by atoms with Gasteiger partial charge < -0.3 is 85.9 Å². The molecule has 3 aromatic rings. The molecule has 0 heterocycles. The van der Waals surface area contributed by atoms with E-state index in [9.17, 15) is 73.2 Å². The van der Waals surface area contributed by atoms with E-state index in [2.05, 4.69) is 47.5 Å². The maximum absolute atomic E-state index is 14.7. The highest BCUT2D eigenvalue weighted by Crippen LogP contribution is 2.15. The predicted octanol–water partition coefficient (Wildman–Crippen LogP) is -2.70. The number of primary amides is 1. The van der Waals surface area contributed by atoms with Gasteiger partial charge in [-0.05, 0) is 72.4 Å². The molecule has 0 unspecified atom stereocenters. The number of guanidine groups is 1. The van der Waals surface area contributed by atoms with E-state index in [0.29, 0.717) is 22.4 Å². The second kappa shape index (κ2) is 36.7. The Hall–Kier alpha value is -8.83. The van der Waals surface area contributed by atoms with Gasteiger partial charge in [-0.15, -0.1) is 0 Å². The number of aliphatic hydroxyl groups is 1. The van der Waals surface area contributed by atoms with Crippen LogP contribution in [0.3, 0.4) is 0 Å². The molecule has 0 radical (unpaired) electrons. The molecule has 0 spiro atoms. The zero-order chi connectivity index (χ0) is 63.2. The number of rotatable bonds is 38. The Kier molecular flexibility index (Phi) is 30.4. The number of phenols is 1. The molecule has 29 heteroatoms. The molecule has 20 N–H and O–H groups in total. The highest BCUT2D eigenvalue weighted by atomic mass is 32.2. The largest absolute Gasteiger partial charge is 0.508 e. The van der Waals surface area contributed by atoms with Crippen molar-refractivity contribution in [2.24, 2.45) is 33.8 Å². The third-order valence-corrected chi connectivity index (χ3v) is 13.9. The number of aliphatic hydroxyl groups excluding tert-OH is 1. The summed E-state index contributed by atoms with van der Waals surface area (Å²) < 4.78 is 0. The lowest BCUT2D eigenvalue weighted by Gasteiger charge is -2.30. The van der Waals surface area contributed by atoms with E-state index in [4.69, 9.17) is 22.9 Å². The lowest BCUT2D eigenvalue weighted by molar-refractivity contribution is -0.142. The van der Waals surface area contributed by atoms with Gasteiger partial charge in [-0.1, -0.05) is 93.1 Å². The Labute approximate surface area is 495 Å². The molecule has 464 valence electrons. The standard InChI is InChI=1S/C56H79N13O15S/c1-4-31(2)46(54(82)62-37(16-11-24-61-56(59)60)48(76)64-39(26-32-12-7-5-8-13-32)49(77)63-38(55(83)84)23-25-85-3)69-52(80)41(27-33-14-9-6-10-15-33)65-51(79)42(29-45(73)74)67-50(78)40(28-34-17-19-35(71)20-18-34)66-53(81)43(30-70)68-47(75)36(57)21-22-44(58)72/h5-10,12-15,17-20,31,36-43,46,70-71H,4,11,16,21-30,57H2,1-3H3,(H2,58,72)(H,62,82)(H,63,77)(H,64,76)(H,65,79)(H,66,81)(H,67,78)(H,68,75)(H,69,80)(H,73,74)(H,83,84)(H4,59,60,61)/t31-,36-,37-,38-,39-,40-,41-,42-,43-,46-/m0/s1. The van der Waals surface area contributed by atoms with Crippen molar-refractivity contribution in [2.45, 2.75) is 132 Å². The van der Waals surface area contributed by atoms with Crippen LogP contribution in [0.1, 0.15) is 75.5 Å². The zero-order valence-corrected chi connectivity index (χ0v) is 48.3. The minimum atomic E-state index is -1.96. The highest BCUT2D eigenvalue weighted by molar-refractivity contribution is 7.98. The smallest absolute Gasteiger partial charge is 0.326 e. The second-order valence-corrected chi connectivity index (χ2v) is 21.0. The van der Waals surface area contributed by atoms with E-state index in [1.54, 1.807) is 80.8 Å². The van der Waals surface area contributed by atoms with Crippen molar-refractivity contribution in [3.63, 3.8) is 0 Å². The first-order valence-corrected chi connectivity index (χ1v) is 28.7. The number of nitrogens with two attached hydrogens (primary N) is 4. The molecule has 0 aliphatic carbocycles. The number of benzene rings is 3. The van der Waals surface area contributed by atoms with Crippen molar-refractivity contribution in [3.8, 4) is 5.75 Å². The molecule has 0 aliphatic rings. The summed E-state index contributed by atoms with van der Waals surface area (Å²) in [5, 5.41) is 59.9. The number of amides is 9. The quantitative estimate of drug-likeness (QED) is 0.0158. The molecule has 0 saturated heterocycles. The third kappa shape index (κ3) is 25.7. The number of carbonyl (C=O) groups excluding carboxylic acids is 9. The second-order valence-electron chi connectivity index (χ2n) is 20.0. The number of aromatic hydroxyl groups is 1. The molecule has 0 saturated carbocycles. The van der Waals surface area contributed by atoms with Crippen LogP contribution in [0.2, 0.25) is 0 Å². The monoisotopic (exact) mass is 1210 g/mol. The van der Waals surface area contributed by atoms with E-state index in [1.165, 1.54) is 36.0 Å². The van der Waals surface area contributed by atoms with Gasteiger partial charge in [0.2, 0.25) is 53.2 Å². The summed E-state index contributed by atoms with van der Waals surface area (Å²) in [6.07, 6.45) is -0.142. The van der Waals surface area contributed by atoms with Gasteiger partial charge in [-0.2, -0.15) is 11.8 Å². The molecule has 85 heavy (non-hydrogen) atoms. The van der Waals surface area contributed by atoms with Crippen molar-refractivity contribution >= 4 is 82.8 Å². The summed E-state index contributed by atoms with van der Waals surface area (Å²) in [6.45, 7) is 2.35. The van der Waals surface area contributed by atoms with Crippen LogP contribution < -0.4 is 65.5 Å². The fraction of sp³-hybridized carbons (Fsp3) is 0.464. The van der Waals surface area contributed by atoms with Crippen LogP contribution in [0.15, 0.2) is 89.9 Å². The third-order valence-electron chi connectivity index (χ3n) is 13.3. The Morgan fingerprint density at radius 1 is 0.541 bits per heavy atom. The highest BCUT2D eigenvalue weighted by Gasteiger charge is 2.37. The van der Waals surface area contributed by atoms with E-state index >= 15 is 0 Å². The summed E-state index contributed by atoms with van der Waals surface area (Å²) in [4.78, 5) is 152. The van der Waals surface area contributed by atoms with Crippen molar-refractivity contribution < 1.29 is 73.2 Å². The number of aliphatic imine (C=N–C) groups is 1. The van der Waals surface area contributed by atoms with Crippen molar-refractivity contribution in [3.05, 3.63) is 102 Å². The molecule has 0 aliphatic heterocycles. The molecule has 0 aromatic heterocycles. The minimum Gasteiger partial charge on any atom is -0.508 e. The number of thioether (sulfide) groups is 1. The van der Waals surface area contributed by atoms with Crippen LogP contribution in [0, 0.1) is 5.92 Å². The van der Waals surface area contributed by atoms with Gasteiger partial charge in [0.25, 0.3) is 0 Å². The normalized spacial score (nSPS) is 14.5. The van der Waals surface area contributed by atoms with Gasteiger partial charge in [0, 0.05) is 32.2 Å². The molecule has 10 atom stereocenters. The Morgan fingerprint density at radius 2 is 0.976 bits per heavy atom. The predicted molar refractivity (Wildman–Crippen MR) is 313 cm³/mol. The van der Waals surface area contributed by atoms with Crippen LogP contribution in [0.25, 0.3) is 0 Å². The Morgan fingerprint density at radius 3 is 1.44 bits per heavy atom. The van der Waals surface area contributed by atoms with E-state index in [1.807, 2.05) is 0 Å². The molecule has 0 bridgehead atoms. The van der Waals surface area contributed by atoms with E-state index in [-0.39, 0.29) is 76.0 Å². The first kappa shape index (κ1) is 70.4. The number of nitrogens with zero attached hydrogens (tertiary/aromatic N) is 1. The topological polar surface area (TPSA) is 481 Å². The van der Waals surface area contributed by atoms with E-state index in [0.717, 1.165) is 0 Å². The first-order chi connectivity index (χ1) is 40.3. The van der Waals surface area contributed by atoms with Crippen molar-refractivity contribution in [1.29, 1.82) is 0 Å². The van der Waals surface area contributed by atoms with Gasteiger partial charge >= 0.3 is 11.9 Å². The number of aliphatic carboxylic acids is 2. The van der Waals surface area contributed by atoms with Gasteiger partial charge in [-0.25, -0.2) is 4.79 Å². The zero-order valence-electron chi connectivity index (χ0n) is 47.5. The Bertz CT molecular complexity index is 2760. The molecule has 3 rings (SSSR count). The molecule has 9 amide bonds. The number of carboxylic acid groups (broad SMARTS) is 2. The molecular weight excluding hydrogens is 1130 g/mol. The lowest BCUT2D eigenvalue weighted by Crippen LogP contribution is -2.62. The van der Waals surface area contributed by atoms with Crippen LogP contribution >= 0.6 is 11.8 Å². The molecule has 0 fully saturated rings. The van der Waals surface area contributed by atoms with Gasteiger partial charge in [0.05, 0.1) is 19.1 Å². The van der Waals surface area contributed by atoms with Gasteiger partial charge in [0.1, 0.15) is 54.1 Å². The molecule has 28 nitrogen and oxygen atoms in total.